The Balaban J connectivity index is 2.14. The van der Waals surface area contributed by atoms with Crippen molar-refractivity contribution in [3.8, 4) is 0 Å². The third kappa shape index (κ3) is 4.16. The Bertz CT molecular complexity index is 405. The molecule has 132 valence electrons. The first kappa shape index (κ1) is 18.0. The van der Waals surface area contributed by atoms with E-state index < -0.39 is 0 Å². The van der Waals surface area contributed by atoms with E-state index in [2.05, 4.69) is 0 Å². The molecule has 2 fully saturated rings. The van der Waals surface area contributed by atoms with E-state index in [0.29, 0.717) is 24.2 Å². The summed E-state index contributed by atoms with van der Waals surface area (Å²) in [6.07, 6.45) is 6.95. The predicted octanol–water partition coefficient (Wildman–Crippen LogP) is 3.15. The number of carbonyl (C=O) groups is 2. The minimum Gasteiger partial charge on any atom is -0.453 e. The lowest BCUT2D eigenvalue weighted by molar-refractivity contribution is -0.882. The van der Waals surface area contributed by atoms with Crippen LogP contribution in [0.25, 0.3) is 0 Å². The van der Waals surface area contributed by atoms with Crippen molar-refractivity contribution < 1.29 is 23.5 Å². The number of nitrogens with zero attached hydrogens (tertiary/aromatic N) is 2. The first-order valence-corrected chi connectivity index (χ1v) is 9.01. The summed E-state index contributed by atoms with van der Waals surface area (Å²) in [6, 6.07) is 0.252. The van der Waals surface area contributed by atoms with Crippen LogP contribution in [-0.2, 0) is 9.47 Å². The number of ether oxygens (including phenoxy) is 2. The van der Waals surface area contributed by atoms with Crippen molar-refractivity contribution >= 4 is 12.2 Å². The highest BCUT2D eigenvalue weighted by molar-refractivity contribution is 5.67. The minimum absolute atomic E-state index is 0.0640. The summed E-state index contributed by atoms with van der Waals surface area (Å²) in [5.74, 6) is 0. The maximum absolute atomic E-state index is 12.8. The second kappa shape index (κ2) is 8.52. The largest absolute Gasteiger partial charge is 0.516 e. The summed E-state index contributed by atoms with van der Waals surface area (Å²) in [5, 5.41) is 0. The Kier molecular flexibility index (Phi) is 6.69. The van der Waals surface area contributed by atoms with E-state index in [4.69, 9.17) is 9.47 Å². The van der Waals surface area contributed by atoms with Gasteiger partial charge in [0.15, 0.2) is 0 Å². The summed E-state index contributed by atoms with van der Waals surface area (Å²) in [5.41, 5.74) is 0. The maximum atomic E-state index is 12.8. The van der Waals surface area contributed by atoms with E-state index in [-0.39, 0.29) is 18.2 Å². The molecule has 23 heavy (non-hydrogen) atoms. The summed E-state index contributed by atoms with van der Waals surface area (Å²) in [7, 11) is 1.42. The lowest BCUT2D eigenvalue weighted by atomic mass is 10.0. The van der Waals surface area contributed by atoms with Gasteiger partial charge in [-0.25, -0.2) is 9.28 Å². The van der Waals surface area contributed by atoms with E-state index in [1.54, 1.807) is 4.90 Å². The highest BCUT2D eigenvalue weighted by Crippen LogP contribution is 2.30. The Morgan fingerprint density at radius 3 is 2.35 bits per heavy atom. The zero-order valence-corrected chi connectivity index (χ0v) is 14.6. The molecule has 0 spiro atoms. The fourth-order valence-electron chi connectivity index (χ4n) is 4.09. The molecule has 6 heteroatoms. The number of rotatable bonds is 2. The molecule has 0 aromatic rings. The van der Waals surface area contributed by atoms with Gasteiger partial charge in [0.2, 0.25) is 0 Å². The predicted molar refractivity (Wildman–Crippen MR) is 87.1 cm³/mol. The average Bonchev–Trinajstić information content (AvgIpc) is 2.95. The second-order valence-electron chi connectivity index (χ2n) is 6.64. The number of carbonyl (C=O) groups excluding carboxylic acids is 2. The number of hydrogen-bond donors (Lipinski definition) is 0. The quantitative estimate of drug-likeness (QED) is 0.731. The van der Waals surface area contributed by atoms with Crippen LogP contribution >= 0.6 is 0 Å². The number of quaternary nitrogens is 1. The minimum atomic E-state index is -0.260. The smallest absolute Gasteiger partial charge is 0.453 e. The third-order valence-corrected chi connectivity index (χ3v) is 5.33. The van der Waals surface area contributed by atoms with Gasteiger partial charge in [0.25, 0.3) is 0 Å². The molecule has 0 saturated carbocycles. The molecular formula is C17H31N2O4+. The lowest BCUT2D eigenvalue weighted by Crippen LogP contribution is -2.60. The van der Waals surface area contributed by atoms with Crippen LogP contribution in [0.1, 0.15) is 51.9 Å². The van der Waals surface area contributed by atoms with Crippen molar-refractivity contribution in [2.75, 3.05) is 39.9 Å². The number of likely N-dealkylation sites (tertiary alicyclic amines) is 2. The first-order valence-electron chi connectivity index (χ1n) is 9.01. The molecule has 1 atom stereocenters. The topological polar surface area (TPSA) is 55.8 Å². The monoisotopic (exact) mass is 327 g/mol. The lowest BCUT2D eigenvalue weighted by Gasteiger charge is -2.40. The molecule has 0 N–H and O–H groups in total. The molecule has 2 aliphatic heterocycles. The van der Waals surface area contributed by atoms with Gasteiger partial charge in [-0.1, -0.05) is 0 Å². The molecular weight excluding hydrogens is 296 g/mol. The summed E-state index contributed by atoms with van der Waals surface area (Å²) in [4.78, 5) is 26.3. The van der Waals surface area contributed by atoms with Gasteiger partial charge in [-0.15, -0.1) is 0 Å². The van der Waals surface area contributed by atoms with Gasteiger partial charge in [-0.2, -0.15) is 4.79 Å². The zero-order chi connectivity index (χ0) is 16.7. The summed E-state index contributed by atoms with van der Waals surface area (Å²) in [6.45, 7) is 5.43. The van der Waals surface area contributed by atoms with Gasteiger partial charge < -0.3 is 14.4 Å². The van der Waals surface area contributed by atoms with Crippen LogP contribution in [-0.4, -0.2) is 67.5 Å². The van der Waals surface area contributed by atoms with Gasteiger partial charge in [-0.3, -0.25) is 0 Å². The van der Waals surface area contributed by atoms with E-state index in [0.717, 1.165) is 45.2 Å². The number of methoxy groups -OCH3 is 1. The van der Waals surface area contributed by atoms with Crippen LogP contribution < -0.4 is 0 Å². The Morgan fingerprint density at radius 1 is 1.04 bits per heavy atom. The van der Waals surface area contributed by atoms with Crippen LogP contribution in [0.2, 0.25) is 0 Å². The van der Waals surface area contributed by atoms with E-state index >= 15 is 0 Å². The van der Waals surface area contributed by atoms with E-state index in [9.17, 15) is 9.59 Å². The maximum Gasteiger partial charge on any atom is 0.516 e. The molecule has 0 aliphatic carbocycles. The van der Waals surface area contributed by atoms with Crippen LogP contribution in [0.15, 0.2) is 0 Å². The first-order chi connectivity index (χ1) is 11.1. The molecule has 2 aliphatic rings. The van der Waals surface area contributed by atoms with Crippen molar-refractivity contribution in [3.63, 3.8) is 0 Å². The van der Waals surface area contributed by atoms with Crippen LogP contribution in [0.4, 0.5) is 9.59 Å². The van der Waals surface area contributed by atoms with Crippen LogP contribution in [0.3, 0.4) is 0 Å². The molecule has 0 aromatic carbocycles. The van der Waals surface area contributed by atoms with Crippen molar-refractivity contribution in [2.45, 2.75) is 57.9 Å². The van der Waals surface area contributed by atoms with Crippen molar-refractivity contribution in [3.05, 3.63) is 0 Å². The molecule has 2 saturated heterocycles. The van der Waals surface area contributed by atoms with E-state index in [1.807, 2.05) is 6.92 Å². The standard InChI is InChI=1S/C17H31N2O4/c1-3-23-17(21)19(13-6-4-5-7-14-19)15-9-8-11-18(12-10-15)16(20)22-2/h15H,3-14H2,1-2H3/q+1. The Morgan fingerprint density at radius 2 is 1.74 bits per heavy atom. The van der Waals surface area contributed by atoms with Crippen LogP contribution in [0.5, 0.6) is 0 Å². The molecule has 1 unspecified atom stereocenters. The van der Waals surface area contributed by atoms with Gasteiger partial charge in [0.1, 0.15) is 6.04 Å². The Labute approximate surface area is 139 Å². The van der Waals surface area contributed by atoms with Gasteiger partial charge >= 0.3 is 12.2 Å². The zero-order valence-electron chi connectivity index (χ0n) is 14.6. The fraction of sp³-hybridized carbons (Fsp3) is 0.882. The molecule has 0 aromatic heterocycles. The van der Waals surface area contributed by atoms with Crippen molar-refractivity contribution in [1.82, 2.24) is 4.90 Å². The summed E-state index contributed by atoms with van der Waals surface area (Å²) >= 11 is 0. The molecule has 2 rings (SSSR count). The molecule has 2 amide bonds. The highest BCUT2D eigenvalue weighted by Gasteiger charge is 2.46. The number of hydrogen-bond acceptors (Lipinski definition) is 4. The fourth-order valence-corrected chi connectivity index (χ4v) is 4.09. The number of amides is 2. The van der Waals surface area contributed by atoms with E-state index in [1.165, 1.54) is 20.0 Å². The Hall–Kier alpha value is -1.30. The highest BCUT2D eigenvalue weighted by atomic mass is 16.6. The molecule has 6 nitrogen and oxygen atoms in total. The van der Waals surface area contributed by atoms with Gasteiger partial charge in [0.05, 0.1) is 26.8 Å². The second-order valence-corrected chi connectivity index (χ2v) is 6.64. The van der Waals surface area contributed by atoms with Crippen LogP contribution in [0, 0.1) is 0 Å². The third-order valence-electron chi connectivity index (χ3n) is 5.33. The molecule has 2 heterocycles. The molecule has 0 radical (unpaired) electrons. The SMILES string of the molecule is CCOC(=O)[N+]1(C2CCCN(C(=O)OC)CC2)CCCCCC1. The van der Waals surface area contributed by atoms with Gasteiger partial charge in [-0.05, 0) is 39.0 Å². The average molecular weight is 327 g/mol. The van der Waals surface area contributed by atoms with Gasteiger partial charge in [0, 0.05) is 25.9 Å². The molecule has 0 bridgehead atoms. The van der Waals surface area contributed by atoms with Crippen molar-refractivity contribution in [1.29, 1.82) is 0 Å². The van der Waals surface area contributed by atoms with Crippen molar-refractivity contribution in [2.24, 2.45) is 0 Å². The normalized spacial score (nSPS) is 25.1. The summed E-state index contributed by atoms with van der Waals surface area (Å²) < 4.78 is 10.8.